The Bertz CT molecular complexity index is 789. The highest BCUT2D eigenvalue weighted by atomic mass is 32.1. The van der Waals surface area contributed by atoms with E-state index >= 15 is 0 Å². The fourth-order valence-corrected chi connectivity index (χ4v) is 3.44. The Hall–Kier alpha value is -2.25. The maximum absolute atomic E-state index is 11.7. The number of carbonyl (C=O) groups is 1. The number of aryl methyl sites for hydroxylation is 1. The Kier molecular flexibility index (Phi) is 4.45. The zero-order valence-electron chi connectivity index (χ0n) is 11.9. The summed E-state index contributed by atoms with van der Waals surface area (Å²) in [6.45, 7) is 2.17. The van der Waals surface area contributed by atoms with E-state index in [0.717, 1.165) is 20.2 Å². The molecular formula is C15H14N4OS2. The highest BCUT2D eigenvalue weighted by Crippen LogP contribution is 2.24. The minimum absolute atomic E-state index is 0.140. The minimum Gasteiger partial charge on any atom is -0.352 e. The third-order valence-electron chi connectivity index (χ3n) is 2.84. The van der Waals surface area contributed by atoms with Gasteiger partial charge < -0.3 is 5.32 Å². The van der Waals surface area contributed by atoms with Crippen LogP contribution in [-0.4, -0.2) is 23.7 Å². The van der Waals surface area contributed by atoms with Crippen molar-refractivity contribution in [1.82, 2.24) is 10.4 Å². The lowest BCUT2D eigenvalue weighted by molar-refractivity contribution is -0.119. The molecule has 0 aliphatic rings. The van der Waals surface area contributed by atoms with Gasteiger partial charge in [0.25, 0.3) is 5.91 Å². The number of thiophene rings is 1. The monoisotopic (exact) mass is 330 g/mol. The van der Waals surface area contributed by atoms with Crippen molar-refractivity contribution >= 4 is 50.1 Å². The Labute approximate surface area is 135 Å². The number of nitrogens with one attached hydrogen (secondary N) is 2. The summed E-state index contributed by atoms with van der Waals surface area (Å²) in [5, 5.41) is 7.68. The molecule has 22 heavy (non-hydrogen) atoms. The number of amides is 1. The van der Waals surface area contributed by atoms with Gasteiger partial charge in [-0.25, -0.2) is 10.4 Å². The molecule has 0 unspecified atom stereocenters. The molecule has 0 aliphatic carbocycles. The second kappa shape index (κ2) is 6.67. The average molecular weight is 330 g/mol. The number of thiazole rings is 1. The van der Waals surface area contributed by atoms with Gasteiger partial charge in [-0.1, -0.05) is 23.5 Å². The molecule has 0 bridgehead atoms. The van der Waals surface area contributed by atoms with Crippen LogP contribution in [0.5, 0.6) is 0 Å². The number of para-hydroxylation sites is 1. The van der Waals surface area contributed by atoms with E-state index in [1.54, 1.807) is 17.6 Å². The van der Waals surface area contributed by atoms with Gasteiger partial charge in [-0.15, -0.1) is 11.3 Å². The van der Waals surface area contributed by atoms with Crippen molar-refractivity contribution in [3.8, 4) is 0 Å². The molecule has 0 saturated carbocycles. The summed E-state index contributed by atoms with van der Waals surface area (Å²) < 4.78 is 1.09. The van der Waals surface area contributed by atoms with Crippen LogP contribution in [-0.2, 0) is 4.79 Å². The SMILES string of the molecule is Cc1ccc(/C=N\NC(=O)CNc2nc3ccccc3s2)s1. The molecule has 1 aromatic carbocycles. The number of hydrogen-bond acceptors (Lipinski definition) is 6. The molecule has 1 amide bonds. The topological polar surface area (TPSA) is 66.4 Å². The third-order valence-corrected chi connectivity index (χ3v) is 4.77. The van der Waals surface area contributed by atoms with Crippen molar-refractivity contribution in [2.45, 2.75) is 6.92 Å². The van der Waals surface area contributed by atoms with Crippen LogP contribution in [0.1, 0.15) is 9.75 Å². The summed E-state index contributed by atoms with van der Waals surface area (Å²) in [7, 11) is 0. The first kappa shape index (κ1) is 14.7. The van der Waals surface area contributed by atoms with E-state index in [9.17, 15) is 4.79 Å². The first-order chi connectivity index (χ1) is 10.7. The standard InChI is InChI=1S/C15H14N4OS2/c1-10-6-7-11(21-10)8-17-19-14(20)9-16-15-18-12-4-2-3-5-13(12)22-15/h2-8H,9H2,1H3,(H,16,18)(H,19,20)/b17-8-. The second-order valence-electron chi connectivity index (χ2n) is 4.58. The lowest BCUT2D eigenvalue weighted by Gasteiger charge is -2.00. The van der Waals surface area contributed by atoms with Gasteiger partial charge in [0.2, 0.25) is 0 Å². The highest BCUT2D eigenvalue weighted by molar-refractivity contribution is 7.22. The van der Waals surface area contributed by atoms with Gasteiger partial charge in [0, 0.05) is 9.75 Å². The van der Waals surface area contributed by atoms with Crippen LogP contribution in [0.3, 0.4) is 0 Å². The average Bonchev–Trinajstić information content (AvgIpc) is 3.11. The Morgan fingerprint density at radius 1 is 1.27 bits per heavy atom. The normalized spacial score (nSPS) is 11.1. The van der Waals surface area contributed by atoms with E-state index in [-0.39, 0.29) is 12.5 Å². The first-order valence-electron chi connectivity index (χ1n) is 6.68. The van der Waals surface area contributed by atoms with E-state index in [1.165, 1.54) is 16.2 Å². The molecule has 5 nitrogen and oxygen atoms in total. The number of carbonyl (C=O) groups excluding carboxylic acids is 1. The summed E-state index contributed by atoms with van der Waals surface area (Å²) in [4.78, 5) is 18.4. The minimum atomic E-state index is -0.205. The lowest BCUT2D eigenvalue weighted by Crippen LogP contribution is -2.25. The molecule has 2 heterocycles. The van der Waals surface area contributed by atoms with Crippen molar-refractivity contribution in [3.63, 3.8) is 0 Å². The van der Waals surface area contributed by atoms with E-state index < -0.39 is 0 Å². The van der Waals surface area contributed by atoms with Gasteiger partial charge in [0.1, 0.15) is 0 Å². The third kappa shape index (κ3) is 3.69. The summed E-state index contributed by atoms with van der Waals surface area (Å²) in [6, 6.07) is 11.9. The zero-order chi connectivity index (χ0) is 15.4. The predicted molar refractivity (Wildman–Crippen MR) is 92.9 cm³/mol. The Morgan fingerprint density at radius 2 is 2.14 bits per heavy atom. The van der Waals surface area contributed by atoms with Gasteiger partial charge in [-0.3, -0.25) is 4.79 Å². The molecule has 0 fully saturated rings. The molecular weight excluding hydrogens is 316 g/mol. The van der Waals surface area contributed by atoms with Crippen molar-refractivity contribution < 1.29 is 4.79 Å². The molecule has 112 valence electrons. The second-order valence-corrected chi connectivity index (χ2v) is 6.93. The number of fused-ring (bicyclic) bond motifs is 1. The van der Waals surface area contributed by atoms with Gasteiger partial charge in [-0.2, -0.15) is 5.10 Å². The molecule has 3 aromatic rings. The number of nitrogens with zero attached hydrogens (tertiary/aromatic N) is 2. The number of benzene rings is 1. The Morgan fingerprint density at radius 3 is 2.91 bits per heavy atom. The van der Waals surface area contributed by atoms with Crippen molar-refractivity contribution in [3.05, 3.63) is 46.2 Å². The number of anilines is 1. The largest absolute Gasteiger partial charge is 0.352 e. The van der Waals surface area contributed by atoms with Crippen molar-refractivity contribution in [2.24, 2.45) is 5.10 Å². The summed E-state index contributed by atoms with van der Waals surface area (Å²) >= 11 is 3.15. The lowest BCUT2D eigenvalue weighted by atomic mass is 10.3. The van der Waals surface area contributed by atoms with Crippen LogP contribution in [0.4, 0.5) is 5.13 Å². The summed E-state index contributed by atoms with van der Waals surface area (Å²) in [5.74, 6) is -0.205. The van der Waals surface area contributed by atoms with Gasteiger partial charge >= 0.3 is 0 Å². The summed E-state index contributed by atoms with van der Waals surface area (Å²) in [5.41, 5.74) is 3.43. The number of aromatic nitrogens is 1. The van der Waals surface area contributed by atoms with Crippen molar-refractivity contribution in [1.29, 1.82) is 0 Å². The van der Waals surface area contributed by atoms with E-state index in [2.05, 4.69) is 20.8 Å². The van der Waals surface area contributed by atoms with Crippen LogP contribution in [0, 0.1) is 6.92 Å². The quantitative estimate of drug-likeness (QED) is 0.557. The molecule has 0 aliphatic heterocycles. The molecule has 0 radical (unpaired) electrons. The number of hydrogen-bond donors (Lipinski definition) is 2. The Balaban J connectivity index is 1.50. The molecule has 2 N–H and O–H groups in total. The maximum Gasteiger partial charge on any atom is 0.259 e. The van der Waals surface area contributed by atoms with Gasteiger partial charge in [-0.05, 0) is 31.2 Å². The van der Waals surface area contributed by atoms with Crippen LogP contribution >= 0.6 is 22.7 Å². The first-order valence-corrected chi connectivity index (χ1v) is 8.32. The molecule has 7 heteroatoms. The molecule has 3 rings (SSSR count). The van der Waals surface area contributed by atoms with Crippen LogP contribution in [0.25, 0.3) is 10.2 Å². The van der Waals surface area contributed by atoms with E-state index in [4.69, 9.17) is 0 Å². The van der Waals surface area contributed by atoms with Gasteiger partial charge in [0.15, 0.2) is 5.13 Å². The van der Waals surface area contributed by atoms with Crippen LogP contribution < -0.4 is 10.7 Å². The fourth-order valence-electron chi connectivity index (χ4n) is 1.83. The molecule has 0 saturated heterocycles. The van der Waals surface area contributed by atoms with Crippen LogP contribution in [0.2, 0.25) is 0 Å². The maximum atomic E-state index is 11.7. The highest BCUT2D eigenvalue weighted by Gasteiger charge is 2.04. The smallest absolute Gasteiger partial charge is 0.259 e. The van der Waals surface area contributed by atoms with E-state index in [0.29, 0.717) is 0 Å². The molecule has 0 atom stereocenters. The number of rotatable bonds is 5. The summed E-state index contributed by atoms with van der Waals surface area (Å²) in [6.07, 6.45) is 1.65. The number of hydrazone groups is 1. The van der Waals surface area contributed by atoms with Crippen molar-refractivity contribution in [2.75, 3.05) is 11.9 Å². The molecule has 0 spiro atoms. The fraction of sp³-hybridized carbons (Fsp3) is 0.133. The predicted octanol–water partition coefficient (Wildman–Crippen LogP) is 3.23. The zero-order valence-corrected chi connectivity index (χ0v) is 13.5. The van der Waals surface area contributed by atoms with Gasteiger partial charge in [0.05, 0.1) is 23.0 Å². The molecule has 2 aromatic heterocycles. The van der Waals surface area contributed by atoms with Crippen LogP contribution in [0.15, 0.2) is 41.5 Å². The van der Waals surface area contributed by atoms with E-state index in [1.807, 2.05) is 43.3 Å².